The number of carbonyl (C=O) groups excluding carboxylic acids is 1. The van der Waals surface area contributed by atoms with Crippen LogP contribution in [0.3, 0.4) is 0 Å². The molecule has 3 nitrogen and oxygen atoms in total. The van der Waals surface area contributed by atoms with Crippen molar-refractivity contribution in [3.05, 3.63) is 0 Å². The van der Waals surface area contributed by atoms with Crippen LogP contribution in [-0.2, 0) is 0 Å². The fourth-order valence-corrected chi connectivity index (χ4v) is 2.18. The van der Waals surface area contributed by atoms with Crippen LogP contribution in [0.2, 0.25) is 0 Å². The first-order chi connectivity index (χ1) is 7.09. The van der Waals surface area contributed by atoms with E-state index in [0.29, 0.717) is 12.0 Å². The van der Waals surface area contributed by atoms with Gasteiger partial charge in [-0.05, 0) is 32.6 Å². The monoisotopic (exact) mass is 212 g/mol. The predicted molar refractivity (Wildman–Crippen MR) is 62.8 cm³/mol. The van der Waals surface area contributed by atoms with Gasteiger partial charge in [-0.3, -0.25) is 0 Å². The Kier molecular flexibility index (Phi) is 4.92. The van der Waals surface area contributed by atoms with Gasteiger partial charge in [0.25, 0.3) is 0 Å². The van der Waals surface area contributed by atoms with Crippen molar-refractivity contribution in [1.82, 2.24) is 10.6 Å². The van der Waals surface area contributed by atoms with E-state index in [2.05, 4.69) is 17.6 Å². The Bertz CT molecular complexity index is 204. The first kappa shape index (κ1) is 12.3. The molecule has 0 aromatic rings. The highest BCUT2D eigenvalue weighted by Gasteiger charge is 2.21. The maximum atomic E-state index is 11.6. The molecule has 0 aromatic heterocycles. The van der Waals surface area contributed by atoms with Crippen LogP contribution < -0.4 is 10.6 Å². The summed E-state index contributed by atoms with van der Waals surface area (Å²) >= 11 is 0. The summed E-state index contributed by atoms with van der Waals surface area (Å²) in [6.07, 6.45) is 6.25. The van der Waals surface area contributed by atoms with Gasteiger partial charge in [0.2, 0.25) is 0 Å². The summed E-state index contributed by atoms with van der Waals surface area (Å²) in [6.45, 7) is 6.21. The average Bonchev–Trinajstić information content (AvgIpc) is 2.30. The molecule has 0 saturated heterocycles. The Morgan fingerprint density at radius 1 is 1.20 bits per heavy atom. The van der Waals surface area contributed by atoms with Crippen LogP contribution in [0, 0.1) is 5.92 Å². The lowest BCUT2D eigenvalue weighted by Gasteiger charge is -2.23. The van der Waals surface area contributed by atoms with Crippen molar-refractivity contribution in [2.75, 3.05) is 0 Å². The van der Waals surface area contributed by atoms with Crippen molar-refractivity contribution in [3.63, 3.8) is 0 Å². The minimum Gasteiger partial charge on any atom is -0.336 e. The summed E-state index contributed by atoms with van der Waals surface area (Å²) in [5.74, 6) is 0.616. The highest BCUT2D eigenvalue weighted by Crippen LogP contribution is 2.22. The fourth-order valence-electron chi connectivity index (χ4n) is 2.18. The third kappa shape index (κ3) is 4.54. The van der Waals surface area contributed by atoms with Crippen molar-refractivity contribution in [1.29, 1.82) is 0 Å². The summed E-state index contributed by atoms with van der Waals surface area (Å²) in [5, 5.41) is 5.97. The van der Waals surface area contributed by atoms with Gasteiger partial charge >= 0.3 is 6.03 Å². The van der Waals surface area contributed by atoms with Crippen molar-refractivity contribution >= 4 is 6.03 Å². The topological polar surface area (TPSA) is 41.1 Å². The van der Waals surface area contributed by atoms with E-state index in [-0.39, 0.29) is 12.1 Å². The highest BCUT2D eigenvalue weighted by atomic mass is 16.2. The lowest BCUT2D eigenvalue weighted by molar-refractivity contribution is 0.228. The number of amides is 2. The number of urea groups is 1. The van der Waals surface area contributed by atoms with Gasteiger partial charge in [0, 0.05) is 12.1 Å². The van der Waals surface area contributed by atoms with Crippen LogP contribution in [0.15, 0.2) is 0 Å². The van der Waals surface area contributed by atoms with Crippen LogP contribution in [0.4, 0.5) is 4.79 Å². The van der Waals surface area contributed by atoms with E-state index in [1.54, 1.807) is 0 Å². The minimum atomic E-state index is -0.0104. The molecule has 1 aliphatic rings. The highest BCUT2D eigenvalue weighted by molar-refractivity contribution is 5.74. The molecule has 1 fully saturated rings. The van der Waals surface area contributed by atoms with E-state index < -0.39 is 0 Å². The SMILES string of the molecule is CC(C)NC(=O)NC1CCCCCC1C. The van der Waals surface area contributed by atoms with Crippen LogP contribution in [0.5, 0.6) is 0 Å². The Morgan fingerprint density at radius 3 is 2.53 bits per heavy atom. The largest absolute Gasteiger partial charge is 0.336 e. The maximum absolute atomic E-state index is 11.6. The molecule has 2 N–H and O–H groups in total. The Balaban J connectivity index is 2.37. The number of rotatable bonds is 2. The molecule has 0 aromatic carbocycles. The van der Waals surface area contributed by atoms with E-state index in [1.165, 1.54) is 25.7 Å². The van der Waals surface area contributed by atoms with Crippen LogP contribution >= 0.6 is 0 Å². The van der Waals surface area contributed by atoms with Gasteiger partial charge in [0.1, 0.15) is 0 Å². The zero-order valence-electron chi connectivity index (χ0n) is 10.2. The van der Waals surface area contributed by atoms with Gasteiger partial charge in [-0.1, -0.05) is 26.2 Å². The third-order valence-corrected chi connectivity index (χ3v) is 3.10. The molecule has 2 unspecified atom stereocenters. The minimum absolute atomic E-state index is 0.0104. The van der Waals surface area contributed by atoms with Crippen LogP contribution in [0.25, 0.3) is 0 Å². The fraction of sp³-hybridized carbons (Fsp3) is 0.917. The molecule has 0 bridgehead atoms. The van der Waals surface area contributed by atoms with Gasteiger partial charge in [0.05, 0.1) is 0 Å². The summed E-state index contributed by atoms with van der Waals surface area (Å²) < 4.78 is 0. The summed E-state index contributed by atoms with van der Waals surface area (Å²) in [4.78, 5) is 11.6. The lowest BCUT2D eigenvalue weighted by atomic mass is 9.97. The summed E-state index contributed by atoms with van der Waals surface area (Å²) in [5.41, 5.74) is 0. The number of hydrogen-bond donors (Lipinski definition) is 2. The molecule has 0 spiro atoms. The van der Waals surface area contributed by atoms with E-state index in [1.807, 2.05) is 13.8 Å². The average molecular weight is 212 g/mol. The van der Waals surface area contributed by atoms with Gasteiger partial charge in [-0.2, -0.15) is 0 Å². The summed E-state index contributed by atoms with van der Waals surface area (Å²) in [7, 11) is 0. The van der Waals surface area contributed by atoms with Crippen molar-refractivity contribution < 1.29 is 4.79 Å². The third-order valence-electron chi connectivity index (χ3n) is 3.10. The maximum Gasteiger partial charge on any atom is 0.315 e. The molecular formula is C12H24N2O. The zero-order chi connectivity index (χ0) is 11.3. The zero-order valence-corrected chi connectivity index (χ0v) is 10.2. The molecule has 3 heteroatoms. The van der Waals surface area contributed by atoms with Crippen LogP contribution in [-0.4, -0.2) is 18.1 Å². The van der Waals surface area contributed by atoms with E-state index in [9.17, 15) is 4.79 Å². The van der Waals surface area contributed by atoms with Gasteiger partial charge < -0.3 is 10.6 Å². The molecule has 1 aliphatic carbocycles. The summed E-state index contributed by atoms with van der Waals surface area (Å²) in [6, 6.07) is 0.570. The Labute approximate surface area is 93.0 Å². The second kappa shape index (κ2) is 5.99. The number of hydrogen-bond acceptors (Lipinski definition) is 1. The van der Waals surface area contributed by atoms with Crippen LogP contribution in [0.1, 0.15) is 52.9 Å². The van der Waals surface area contributed by atoms with Gasteiger partial charge in [0.15, 0.2) is 0 Å². The van der Waals surface area contributed by atoms with Gasteiger partial charge in [-0.25, -0.2) is 4.79 Å². The van der Waals surface area contributed by atoms with Crippen molar-refractivity contribution in [2.45, 2.75) is 65.0 Å². The molecule has 15 heavy (non-hydrogen) atoms. The van der Waals surface area contributed by atoms with Gasteiger partial charge in [-0.15, -0.1) is 0 Å². The number of nitrogens with one attached hydrogen (secondary N) is 2. The molecular weight excluding hydrogens is 188 g/mol. The second-order valence-corrected chi connectivity index (χ2v) is 4.99. The molecule has 0 aliphatic heterocycles. The van der Waals surface area contributed by atoms with Crippen molar-refractivity contribution in [3.8, 4) is 0 Å². The molecule has 2 atom stereocenters. The molecule has 1 saturated carbocycles. The number of carbonyl (C=O) groups is 1. The predicted octanol–water partition coefficient (Wildman–Crippen LogP) is 2.66. The van der Waals surface area contributed by atoms with E-state index >= 15 is 0 Å². The van der Waals surface area contributed by atoms with E-state index in [0.717, 1.165) is 6.42 Å². The lowest BCUT2D eigenvalue weighted by Crippen LogP contribution is -2.46. The molecule has 0 radical (unpaired) electrons. The second-order valence-electron chi connectivity index (χ2n) is 4.99. The molecule has 2 amide bonds. The first-order valence-electron chi connectivity index (χ1n) is 6.16. The normalized spacial score (nSPS) is 27.2. The Morgan fingerprint density at radius 2 is 1.87 bits per heavy atom. The first-order valence-corrected chi connectivity index (χ1v) is 6.16. The standard InChI is InChI=1S/C12H24N2O/c1-9(2)13-12(15)14-11-8-6-4-5-7-10(11)3/h9-11H,4-8H2,1-3H3,(H2,13,14,15). The quantitative estimate of drug-likeness (QED) is 0.679. The van der Waals surface area contributed by atoms with E-state index in [4.69, 9.17) is 0 Å². The smallest absolute Gasteiger partial charge is 0.315 e. The molecule has 0 heterocycles. The molecule has 1 rings (SSSR count). The van der Waals surface area contributed by atoms with Crippen molar-refractivity contribution in [2.24, 2.45) is 5.92 Å². The molecule has 88 valence electrons. The Hall–Kier alpha value is -0.730.